The molecule has 3 fully saturated rings. The lowest BCUT2D eigenvalue weighted by Gasteiger charge is -2.39. The number of aliphatic carboxylic acids is 1. The van der Waals surface area contributed by atoms with Crippen molar-refractivity contribution in [3.63, 3.8) is 0 Å². The summed E-state index contributed by atoms with van der Waals surface area (Å²) in [5.74, 6) is 1.05. The number of carboxylic acids is 1. The van der Waals surface area contributed by atoms with Gasteiger partial charge in [-0.3, -0.25) is 14.7 Å². The molecule has 3 aliphatic rings. The first-order chi connectivity index (χ1) is 28.1. The summed E-state index contributed by atoms with van der Waals surface area (Å²) in [6.07, 6.45) is 11.9. The van der Waals surface area contributed by atoms with Gasteiger partial charge >= 0.3 is 5.97 Å². The van der Waals surface area contributed by atoms with Crippen molar-refractivity contribution in [3.8, 4) is 34.4 Å². The van der Waals surface area contributed by atoms with Crippen molar-refractivity contribution in [1.29, 1.82) is 5.26 Å². The van der Waals surface area contributed by atoms with Crippen LogP contribution in [0.1, 0.15) is 91.2 Å². The van der Waals surface area contributed by atoms with Crippen LogP contribution in [0.2, 0.25) is 5.02 Å². The normalized spacial score (nSPS) is 19.5. The van der Waals surface area contributed by atoms with Crippen LogP contribution >= 0.6 is 11.6 Å². The number of aliphatic hydroxyl groups excluding tert-OH is 1. The average molecular weight is 807 g/mol. The second-order valence-electron chi connectivity index (χ2n) is 16.4. The lowest BCUT2D eigenvalue weighted by Crippen LogP contribution is -2.44. The first kappa shape index (κ1) is 41.5. The molecule has 10 nitrogen and oxygen atoms in total. The molecule has 3 heterocycles. The molecule has 1 aliphatic carbocycles. The summed E-state index contributed by atoms with van der Waals surface area (Å²) in [4.78, 5) is 20.8. The smallest absolute Gasteiger partial charge is 0.320 e. The minimum Gasteiger partial charge on any atom is -0.493 e. The highest BCUT2D eigenvalue weighted by Crippen LogP contribution is 2.46. The predicted octanol–water partition coefficient (Wildman–Crippen LogP) is 8.88. The number of pyridine rings is 1. The predicted molar refractivity (Wildman–Crippen MR) is 224 cm³/mol. The Hall–Kier alpha value is -4.66. The highest BCUT2D eigenvalue weighted by molar-refractivity contribution is 6.32. The summed E-state index contributed by atoms with van der Waals surface area (Å²) in [7, 11) is 0. The van der Waals surface area contributed by atoms with E-state index < -0.39 is 12.0 Å². The zero-order valence-corrected chi connectivity index (χ0v) is 34.5. The Morgan fingerprint density at radius 3 is 2.43 bits per heavy atom. The van der Waals surface area contributed by atoms with Gasteiger partial charge in [-0.15, -0.1) is 0 Å². The minimum atomic E-state index is -0.830. The highest BCUT2D eigenvalue weighted by atomic mass is 35.5. The van der Waals surface area contributed by atoms with E-state index in [9.17, 15) is 20.3 Å². The van der Waals surface area contributed by atoms with E-state index in [2.05, 4.69) is 54.1 Å². The molecule has 2 N–H and O–H groups in total. The van der Waals surface area contributed by atoms with Crippen LogP contribution < -0.4 is 14.2 Å². The van der Waals surface area contributed by atoms with Gasteiger partial charge in [-0.2, -0.15) is 5.26 Å². The number of rotatable bonds is 15. The SMILES string of the molecule is Cc1c(COc2cc(OCc3cncc(C#N)c3)c(CN3CCCC[C@H]3C(=O)O)cc2Cl)cccc1-c1cccc(OCCCN2CCC3(CCC(O)C3)CC2)c1C. The van der Waals surface area contributed by atoms with E-state index in [-0.39, 0.29) is 19.3 Å². The van der Waals surface area contributed by atoms with E-state index in [4.69, 9.17) is 25.8 Å². The van der Waals surface area contributed by atoms with Crippen LogP contribution in [-0.2, 0) is 24.6 Å². The molecule has 58 heavy (non-hydrogen) atoms. The van der Waals surface area contributed by atoms with E-state index in [1.54, 1.807) is 18.3 Å². The van der Waals surface area contributed by atoms with Crippen LogP contribution in [0.3, 0.4) is 0 Å². The number of aliphatic hydroxyl groups is 1. The van der Waals surface area contributed by atoms with Crippen LogP contribution in [-0.4, -0.2) is 75.9 Å². The monoisotopic (exact) mass is 806 g/mol. The van der Waals surface area contributed by atoms with Crippen molar-refractivity contribution >= 4 is 17.6 Å². The molecule has 1 saturated carbocycles. The van der Waals surface area contributed by atoms with Crippen molar-refractivity contribution < 1.29 is 29.2 Å². The number of hydrogen-bond acceptors (Lipinski definition) is 9. The zero-order chi connectivity index (χ0) is 40.6. The molecule has 0 radical (unpaired) electrons. The number of carboxylic acid groups (broad SMARTS) is 1. The molecule has 11 heteroatoms. The number of carbonyl (C=O) groups is 1. The fraction of sp³-hybridized carbons (Fsp3) is 0.468. The number of halogens is 1. The van der Waals surface area contributed by atoms with Crippen molar-refractivity contribution in [2.45, 2.75) is 104 Å². The average Bonchev–Trinajstić information content (AvgIpc) is 3.59. The number of likely N-dealkylation sites (tertiary alicyclic amines) is 2. The fourth-order valence-electron chi connectivity index (χ4n) is 9.11. The molecule has 4 aromatic rings. The summed E-state index contributed by atoms with van der Waals surface area (Å²) >= 11 is 6.89. The Kier molecular flexibility index (Phi) is 13.6. The maximum atomic E-state index is 12.1. The van der Waals surface area contributed by atoms with Gasteiger partial charge in [0.15, 0.2) is 0 Å². The second-order valence-corrected chi connectivity index (χ2v) is 16.8. The van der Waals surface area contributed by atoms with Gasteiger partial charge in [-0.25, -0.2) is 0 Å². The first-order valence-corrected chi connectivity index (χ1v) is 21.1. The summed E-state index contributed by atoms with van der Waals surface area (Å²) in [6, 6.07) is 19.3. The number of hydrogen-bond donors (Lipinski definition) is 2. The number of aromatic nitrogens is 1. The van der Waals surface area contributed by atoms with Gasteiger partial charge in [0.25, 0.3) is 0 Å². The third-order valence-corrected chi connectivity index (χ3v) is 12.9. The molecule has 7 rings (SSSR count). The molecule has 1 aromatic heterocycles. The third-order valence-electron chi connectivity index (χ3n) is 12.6. The largest absolute Gasteiger partial charge is 0.493 e. The molecular weight excluding hydrogens is 752 g/mol. The van der Waals surface area contributed by atoms with Gasteiger partial charge < -0.3 is 29.3 Å². The summed E-state index contributed by atoms with van der Waals surface area (Å²) in [5, 5.41) is 29.8. The van der Waals surface area contributed by atoms with Crippen molar-refractivity contribution in [2.24, 2.45) is 5.41 Å². The Labute approximate surface area is 347 Å². The van der Waals surface area contributed by atoms with Crippen molar-refractivity contribution in [3.05, 3.63) is 105 Å². The lowest BCUT2D eigenvalue weighted by molar-refractivity contribution is -0.144. The van der Waals surface area contributed by atoms with Crippen molar-refractivity contribution in [2.75, 3.05) is 32.8 Å². The van der Waals surface area contributed by atoms with Gasteiger partial charge in [0.05, 0.1) is 23.3 Å². The number of ether oxygens (including phenoxy) is 3. The van der Waals surface area contributed by atoms with E-state index in [0.717, 1.165) is 96.4 Å². The molecule has 3 aromatic carbocycles. The summed E-state index contributed by atoms with van der Waals surface area (Å²) in [6.45, 7) is 9.58. The topological polar surface area (TPSA) is 128 Å². The molecule has 306 valence electrons. The fourth-order valence-corrected chi connectivity index (χ4v) is 9.35. The maximum absolute atomic E-state index is 12.1. The van der Waals surface area contributed by atoms with Crippen LogP contribution in [0.5, 0.6) is 17.2 Å². The van der Waals surface area contributed by atoms with Crippen molar-refractivity contribution in [1.82, 2.24) is 14.8 Å². The molecule has 1 spiro atoms. The van der Waals surface area contributed by atoms with E-state index in [1.165, 1.54) is 25.5 Å². The van der Waals surface area contributed by atoms with E-state index in [1.807, 2.05) is 23.1 Å². The molecule has 1 unspecified atom stereocenters. The molecule has 0 amide bonds. The van der Waals surface area contributed by atoms with Crippen LogP contribution in [0.4, 0.5) is 0 Å². The number of nitriles is 1. The molecule has 2 saturated heterocycles. The Morgan fingerprint density at radius 1 is 0.897 bits per heavy atom. The number of nitrogens with zero attached hydrogens (tertiary/aromatic N) is 4. The number of piperidine rings is 2. The van der Waals surface area contributed by atoms with E-state index in [0.29, 0.717) is 53.6 Å². The van der Waals surface area contributed by atoms with Crippen LogP contribution in [0.15, 0.2) is 67.0 Å². The van der Waals surface area contributed by atoms with Gasteiger partial charge in [0.1, 0.15) is 42.6 Å². The Bertz CT molecular complexity index is 2110. The molecule has 2 aliphatic heterocycles. The standard InChI is InChI=1S/C47H55ClN4O6/c1-32-36(8-5-9-39(32)40-10-6-12-43(33(40)2)56-21-7-17-51-19-15-47(16-20-51)14-13-38(53)25-47)31-58-45-24-44(57-30-35-22-34(26-49)27-50-28-35)37(23-41(45)48)29-52-18-4-3-11-42(52)46(54)55/h5-6,8-10,12,22-24,27-28,38,42,53H,3-4,7,11,13-21,25,29-31H2,1-2H3,(H,54,55)/t38?,42-/m0/s1. The first-order valence-electron chi connectivity index (χ1n) is 20.7. The number of benzene rings is 3. The Balaban J connectivity index is 1.02. The molecule has 2 atom stereocenters. The third kappa shape index (κ3) is 9.95. The molecule has 0 bridgehead atoms. The van der Waals surface area contributed by atoms with Gasteiger partial charge in [-0.05, 0) is 136 Å². The Morgan fingerprint density at radius 2 is 1.67 bits per heavy atom. The minimum absolute atomic E-state index is 0.102. The quantitative estimate of drug-likeness (QED) is 0.113. The van der Waals surface area contributed by atoms with E-state index >= 15 is 0 Å². The van der Waals surface area contributed by atoms with Gasteiger partial charge in [-0.1, -0.05) is 48.4 Å². The van der Waals surface area contributed by atoms with Gasteiger partial charge in [0, 0.05) is 42.7 Å². The zero-order valence-electron chi connectivity index (χ0n) is 33.7. The van der Waals surface area contributed by atoms with Crippen LogP contribution in [0, 0.1) is 30.6 Å². The second kappa shape index (κ2) is 18.9. The summed E-state index contributed by atoms with van der Waals surface area (Å²) < 4.78 is 19.1. The maximum Gasteiger partial charge on any atom is 0.320 e. The molecular formula is C47H55ClN4O6. The van der Waals surface area contributed by atoms with Crippen LogP contribution in [0.25, 0.3) is 11.1 Å². The van der Waals surface area contributed by atoms with Gasteiger partial charge in [0.2, 0.25) is 0 Å². The summed E-state index contributed by atoms with van der Waals surface area (Å²) in [5.41, 5.74) is 7.73. The highest BCUT2D eigenvalue weighted by Gasteiger charge is 2.40. The lowest BCUT2D eigenvalue weighted by atomic mass is 9.77.